The molecule has 0 spiro atoms. The summed E-state index contributed by atoms with van der Waals surface area (Å²) in [7, 11) is 0. The number of ketones is 1. The first-order valence-corrected chi connectivity index (χ1v) is 6.70. The summed E-state index contributed by atoms with van der Waals surface area (Å²) >= 11 is 0. The predicted octanol–water partition coefficient (Wildman–Crippen LogP) is 5.41. The lowest BCUT2D eigenvalue weighted by Gasteiger charge is -2.03. The second kappa shape index (κ2) is 9.26. The van der Waals surface area contributed by atoms with Crippen LogP contribution in [0, 0.1) is 6.92 Å². The lowest BCUT2D eigenvalue weighted by atomic mass is 10.0. The van der Waals surface area contributed by atoms with Crippen molar-refractivity contribution in [1.82, 2.24) is 0 Å². The highest BCUT2D eigenvalue weighted by Gasteiger charge is 2.12. The minimum absolute atomic E-state index is 0.137. The Kier molecular flexibility index (Phi) is 8.43. The van der Waals surface area contributed by atoms with Crippen LogP contribution < -0.4 is 0 Å². The van der Waals surface area contributed by atoms with Crippen molar-refractivity contribution >= 4 is 5.78 Å². The molecule has 0 amide bonds. The van der Waals surface area contributed by atoms with E-state index in [0.717, 1.165) is 12.0 Å². The van der Waals surface area contributed by atoms with Crippen LogP contribution in [0.2, 0.25) is 0 Å². The molecule has 1 rings (SSSR count). The van der Waals surface area contributed by atoms with Gasteiger partial charge < -0.3 is 0 Å². The summed E-state index contributed by atoms with van der Waals surface area (Å²) in [5, 5.41) is 0. The van der Waals surface area contributed by atoms with Crippen molar-refractivity contribution < 1.29 is 9.18 Å². The number of hydrogen-bond acceptors (Lipinski definition) is 1. The number of rotatable bonds is 4. The Hall–Kier alpha value is -1.70. The molecule has 1 aromatic rings. The number of hydrogen-bond donors (Lipinski definition) is 0. The lowest BCUT2D eigenvalue weighted by Crippen LogP contribution is -2.03. The zero-order chi connectivity index (χ0) is 14.8. The number of aryl methyl sites for hydroxylation is 1. The fraction of sp³-hybridized carbons (Fsp3) is 0.353. The third-order valence-corrected chi connectivity index (χ3v) is 2.42. The predicted molar refractivity (Wildman–Crippen MR) is 80.1 cm³/mol. The van der Waals surface area contributed by atoms with Crippen LogP contribution in [0.1, 0.15) is 50.0 Å². The van der Waals surface area contributed by atoms with Gasteiger partial charge in [-0.05, 0) is 26.3 Å². The molecule has 0 aliphatic carbocycles. The standard InChI is InChI=1S/C15H17FO.C2H6/c1-4-5-9-14(12(3)16)15(17)13-8-6-7-11(2)10-13;1-2/h5-10H,4H2,1-3H3;1-2H3/b9-5-,14-12-;. The first-order valence-electron chi connectivity index (χ1n) is 6.70. The third-order valence-electron chi connectivity index (χ3n) is 2.42. The van der Waals surface area contributed by atoms with E-state index in [2.05, 4.69) is 0 Å². The second-order valence-corrected chi connectivity index (χ2v) is 3.96. The minimum atomic E-state index is -0.443. The van der Waals surface area contributed by atoms with Gasteiger partial charge in [0.1, 0.15) is 5.83 Å². The molecule has 0 saturated heterocycles. The normalized spacial score (nSPS) is 11.7. The number of carbonyl (C=O) groups excluding carboxylic acids is 1. The summed E-state index contributed by atoms with van der Waals surface area (Å²) in [6.45, 7) is 9.16. The van der Waals surface area contributed by atoms with Crippen molar-refractivity contribution in [2.24, 2.45) is 0 Å². The summed E-state index contributed by atoms with van der Waals surface area (Å²) in [5.74, 6) is -0.709. The van der Waals surface area contributed by atoms with Gasteiger partial charge in [-0.2, -0.15) is 0 Å². The van der Waals surface area contributed by atoms with E-state index < -0.39 is 5.83 Å². The zero-order valence-electron chi connectivity index (χ0n) is 12.5. The van der Waals surface area contributed by atoms with Crippen LogP contribution >= 0.6 is 0 Å². The first-order chi connectivity index (χ1) is 9.06. The highest BCUT2D eigenvalue weighted by atomic mass is 19.1. The Morgan fingerprint density at radius 2 is 1.95 bits per heavy atom. The summed E-state index contributed by atoms with van der Waals surface area (Å²) in [4.78, 5) is 12.1. The van der Waals surface area contributed by atoms with Crippen molar-refractivity contribution in [2.75, 3.05) is 0 Å². The first kappa shape index (κ1) is 17.3. The van der Waals surface area contributed by atoms with Gasteiger partial charge in [-0.3, -0.25) is 4.79 Å². The largest absolute Gasteiger partial charge is 0.289 e. The average molecular weight is 262 g/mol. The molecule has 2 heteroatoms. The average Bonchev–Trinajstić information content (AvgIpc) is 2.41. The van der Waals surface area contributed by atoms with E-state index in [1.54, 1.807) is 30.4 Å². The van der Waals surface area contributed by atoms with Gasteiger partial charge in [0.25, 0.3) is 0 Å². The Morgan fingerprint density at radius 1 is 1.32 bits per heavy atom. The van der Waals surface area contributed by atoms with Crippen LogP contribution in [0.5, 0.6) is 0 Å². The fourth-order valence-corrected chi connectivity index (χ4v) is 1.52. The summed E-state index contributed by atoms with van der Waals surface area (Å²) in [5.41, 5.74) is 1.65. The maximum Gasteiger partial charge on any atom is 0.195 e. The molecule has 0 aliphatic heterocycles. The van der Waals surface area contributed by atoms with Crippen molar-refractivity contribution in [3.8, 4) is 0 Å². The monoisotopic (exact) mass is 262 g/mol. The zero-order valence-corrected chi connectivity index (χ0v) is 12.5. The van der Waals surface area contributed by atoms with Crippen LogP contribution in [-0.4, -0.2) is 5.78 Å². The third kappa shape index (κ3) is 5.64. The van der Waals surface area contributed by atoms with Gasteiger partial charge in [0.2, 0.25) is 0 Å². The van der Waals surface area contributed by atoms with E-state index in [-0.39, 0.29) is 11.4 Å². The lowest BCUT2D eigenvalue weighted by molar-refractivity contribution is 0.103. The quantitative estimate of drug-likeness (QED) is 0.402. The van der Waals surface area contributed by atoms with Crippen LogP contribution in [0.25, 0.3) is 0 Å². The molecule has 19 heavy (non-hydrogen) atoms. The van der Waals surface area contributed by atoms with Crippen molar-refractivity contribution in [2.45, 2.75) is 41.0 Å². The molecule has 0 atom stereocenters. The van der Waals surface area contributed by atoms with Crippen LogP contribution in [0.3, 0.4) is 0 Å². The molecule has 0 aliphatic rings. The Balaban J connectivity index is 0.00000154. The molecular formula is C17H23FO. The van der Waals surface area contributed by atoms with Gasteiger partial charge in [0.05, 0.1) is 5.57 Å². The molecule has 0 saturated carbocycles. The summed E-state index contributed by atoms with van der Waals surface area (Å²) < 4.78 is 13.3. The fourth-order valence-electron chi connectivity index (χ4n) is 1.52. The molecule has 0 aromatic heterocycles. The Bertz CT molecular complexity index is 466. The number of halogens is 1. The smallest absolute Gasteiger partial charge is 0.195 e. The number of allylic oxidation sites excluding steroid dienone is 4. The van der Waals surface area contributed by atoms with Gasteiger partial charge in [0, 0.05) is 5.56 Å². The Morgan fingerprint density at radius 3 is 2.42 bits per heavy atom. The summed E-state index contributed by atoms with van der Waals surface area (Å²) in [6.07, 6.45) is 4.12. The molecule has 1 aromatic carbocycles. The maximum absolute atomic E-state index is 13.3. The molecule has 0 N–H and O–H groups in total. The highest BCUT2D eigenvalue weighted by Crippen LogP contribution is 2.16. The second-order valence-electron chi connectivity index (χ2n) is 3.96. The molecule has 0 bridgehead atoms. The van der Waals surface area contributed by atoms with E-state index in [1.165, 1.54) is 6.92 Å². The highest BCUT2D eigenvalue weighted by molar-refractivity contribution is 6.10. The molecule has 0 radical (unpaired) electrons. The molecule has 0 unspecified atom stereocenters. The molecular weight excluding hydrogens is 239 g/mol. The minimum Gasteiger partial charge on any atom is -0.289 e. The Labute approximate surface area is 115 Å². The summed E-state index contributed by atoms with van der Waals surface area (Å²) in [6, 6.07) is 7.19. The molecule has 0 heterocycles. The van der Waals surface area contributed by atoms with E-state index in [1.807, 2.05) is 33.8 Å². The molecule has 1 nitrogen and oxygen atoms in total. The van der Waals surface area contributed by atoms with Crippen molar-refractivity contribution in [3.05, 3.63) is 58.9 Å². The number of Topliss-reactive ketones (excluding diaryl/α,β-unsaturated/α-hetero) is 1. The van der Waals surface area contributed by atoms with E-state index in [4.69, 9.17) is 0 Å². The van der Waals surface area contributed by atoms with Gasteiger partial charge in [-0.15, -0.1) is 0 Å². The van der Waals surface area contributed by atoms with E-state index >= 15 is 0 Å². The number of carbonyl (C=O) groups is 1. The van der Waals surface area contributed by atoms with Gasteiger partial charge in [-0.1, -0.05) is 56.7 Å². The molecule has 104 valence electrons. The maximum atomic E-state index is 13.3. The topological polar surface area (TPSA) is 17.1 Å². The van der Waals surface area contributed by atoms with E-state index in [9.17, 15) is 9.18 Å². The van der Waals surface area contributed by atoms with Crippen molar-refractivity contribution in [1.29, 1.82) is 0 Å². The number of benzene rings is 1. The van der Waals surface area contributed by atoms with Gasteiger partial charge >= 0.3 is 0 Å². The van der Waals surface area contributed by atoms with Crippen LogP contribution in [0.15, 0.2) is 47.8 Å². The van der Waals surface area contributed by atoms with Gasteiger partial charge in [0.15, 0.2) is 5.78 Å². The van der Waals surface area contributed by atoms with Crippen LogP contribution in [-0.2, 0) is 0 Å². The van der Waals surface area contributed by atoms with Gasteiger partial charge in [-0.25, -0.2) is 4.39 Å². The van der Waals surface area contributed by atoms with Crippen LogP contribution in [0.4, 0.5) is 4.39 Å². The van der Waals surface area contributed by atoms with Crippen molar-refractivity contribution in [3.63, 3.8) is 0 Å². The molecule has 0 fully saturated rings. The SMILES string of the molecule is CC.CC/C=C\C(C(=O)c1cccc(C)c1)=C(/C)F. The van der Waals surface area contributed by atoms with E-state index in [0.29, 0.717) is 5.56 Å².